The van der Waals surface area contributed by atoms with Crippen molar-refractivity contribution in [3.05, 3.63) is 35.1 Å². The summed E-state index contributed by atoms with van der Waals surface area (Å²) in [7, 11) is 0. The summed E-state index contributed by atoms with van der Waals surface area (Å²) in [6.07, 6.45) is 3.83. The smallest absolute Gasteiger partial charge is 0.225 e. The van der Waals surface area contributed by atoms with Crippen molar-refractivity contribution in [3.63, 3.8) is 0 Å². The van der Waals surface area contributed by atoms with Gasteiger partial charge in [0, 0.05) is 19.0 Å². The molecule has 4 heteroatoms. The molecular formula is C18H25FN2O. The summed E-state index contributed by atoms with van der Waals surface area (Å²) in [6, 6.07) is 5.50. The van der Waals surface area contributed by atoms with Crippen LogP contribution < -0.4 is 5.32 Å². The first kappa shape index (κ1) is 15.5. The number of likely N-dealkylation sites (tertiary alicyclic amines) is 1. The van der Waals surface area contributed by atoms with Crippen LogP contribution in [0.1, 0.15) is 30.4 Å². The molecule has 0 saturated carbocycles. The van der Waals surface area contributed by atoms with Gasteiger partial charge in [-0.05, 0) is 68.8 Å². The lowest BCUT2D eigenvalue weighted by molar-refractivity contribution is -0.135. The topological polar surface area (TPSA) is 32.3 Å². The molecule has 22 heavy (non-hydrogen) atoms. The maximum absolute atomic E-state index is 13.6. The van der Waals surface area contributed by atoms with Crippen LogP contribution >= 0.6 is 0 Å². The van der Waals surface area contributed by atoms with Crippen molar-refractivity contribution < 1.29 is 9.18 Å². The predicted octanol–water partition coefficient (Wildman–Crippen LogP) is 2.52. The number of amides is 1. The van der Waals surface area contributed by atoms with Crippen LogP contribution in [0.4, 0.5) is 4.39 Å². The van der Waals surface area contributed by atoms with E-state index in [1.54, 1.807) is 13.0 Å². The molecule has 2 heterocycles. The Bertz CT molecular complexity index is 540. The van der Waals surface area contributed by atoms with Crippen LogP contribution in [0.5, 0.6) is 0 Å². The van der Waals surface area contributed by atoms with E-state index in [1.165, 1.54) is 0 Å². The minimum Gasteiger partial charge on any atom is -0.342 e. The van der Waals surface area contributed by atoms with Crippen LogP contribution in [-0.4, -0.2) is 37.0 Å². The first-order chi connectivity index (χ1) is 10.6. The molecule has 0 bridgehead atoms. The van der Waals surface area contributed by atoms with Crippen molar-refractivity contribution in [2.75, 3.05) is 26.2 Å². The van der Waals surface area contributed by atoms with Crippen LogP contribution in [0.3, 0.4) is 0 Å². The number of piperidine rings is 1. The first-order valence-corrected chi connectivity index (χ1v) is 8.38. The van der Waals surface area contributed by atoms with E-state index in [0.717, 1.165) is 57.4 Å². The number of halogens is 1. The Morgan fingerprint density at radius 2 is 2.09 bits per heavy atom. The van der Waals surface area contributed by atoms with Gasteiger partial charge in [-0.25, -0.2) is 4.39 Å². The predicted molar refractivity (Wildman–Crippen MR) is 85.1 cm³/mol. The maximum Gasteiger partial charge on any atom is 0.225 e. The average molecular weight is 304 g/mol. The van der Waals surface area contributed by atoms with E-state index in [4.69, 9.17) is 0 Å². The van der Waals surface area contributed by atoms with Crippen molar-refractivity contribution >= 4 is 5.91 Å². The summed E-state index contributed by atoms with van der Waals surface area (Å²) in [4.78, 5) is 14.6. The van der Waals surface area contributed by atoms with E-state index in [2.05, 4.69) is 5.32 Å². The van der Waals surface area contributed by atoms with Gasteiger partial charge in [-0.15, -0.1) is 0 Å². The largest absolute Gasteiger partial charge is 0.342 e. The Morgan fingerprint density at radius 3 is 2.82 bits per heavy atom. The zero-order chi connectivity index (χ0) is 15.5. The van der Waals surface area contributed by atoms with Gasteiger partial charge in [0.2, 0.25) is 5.91 Å². The van der Waals surface area contributed by atoms with Crippen LogP contribution in [0.2, 0.25) is 0 Å². The standard InChI is InChI=1S/C18H25FN2O/c1-13-2-3-14(11-17(13)19)10-15-6-9-21(12-15)18(22)16-4-7-20-8-5-16/h2-3,11,15-16,20H,4-10,12H2,1H3. The van der Waals surface area contributed by atoms with E-state index >= 15 is 0 Å². The van der Waals surface area contributed by atoms with Gasteiger partial charge < -0.3 is 10.2 Å². The zero-order valence-corrected chi connectivity index (χ0v) is 13.3. The third kappa shape index (κ3) is 3.49. The monoisotopic (exact) mass is 304 g/mol. The fourth-order valence-electron chi connectivity index (χ4n) is 3.62. The van der Waals surface area contributed by atoms with Gasteiger partial charge >= 0.3 is 0 Å². The number of benzene rings is 1. The van der Waals surface area contributed by atoms with Crippen LogP contribution in [0.15, 0.2) is 18.2 Å². The highest BCUT2D eigenvalue weighted by molar-refractivity contribution is 5.79. The van der Waals surface area contributed by atoms with Crippen molar-refractivity contribution in [1.82, 2.24) is 10.2 Å². The van der Waals surface area contributed by atoms with E-state index in [9.17, 15) is 9.18 Å². The highest BCUT2D eigenvalue weighted by Crippen LogP contribution is 2.25. The molecule has 2 aliphatic rings. The molecule has 0 spiro atoms. The molecule has 1 amide bonds. The lowest BCUT2D eigenvalue weighted by atomic mass is 9.96. The fourth-order valence-corrected chi connectivity index (χ4v) is 3.62. The van der Waals surface area contributed by atoms with Gasteiger partial charge in [0.25, 0.3) is 0 Å². The molecule has 1 unspecified atom stereocenters. The highest BCUT2D eigenvalue weighted by atomic mass is 19.1. The molecule has 1 atom stereocenters. The van der Waals surface area contributed by atoms with Crippen molar-refractivity contribution in [1.29, 1.82) is 0 Å². The molecule has 0 aromatic heterocycles. The molecule has 1 aromatic rings. The molecular weight excluding hydrogens is 279 g/mol. The number of carbonyl (C=O) groups excluding carboxylic acids is 1. The number of carbonyl (C=O) groups is 1. The van der Waals surface area contributed by atoms with Gasteiger partial charge in [-0.2, -0.15) is 0 Å². The van der Waals surface area contributed by atoms with Crippen molar-refractivity contribution in [2.45, 2.75) is 32.6 Å². The van der Waals surface area contributed by atoms with Crippen LogP contribution in [-0.2, 0) is 11.2 Å². The second-order valence-corrected chi connectivity index (χ2v) is 6.75. The lowest BCUT2D eigenvalue weighted by Crippen LogP contribution is -2.40. The second-order valence-electron chi connectivity index (χ2n) is 6.75. The third-order valence-corrected chi connectivity index (χ3v) is 5.05. The molecule has 0 aliphatic carbocycles. The number of rotatable bonds is 3. The van der Waals surface area contributed by atoms with E-state index in [0.29, 0.717) is 17.4 Å². The van der Waals surface area contributed by atoms with Gasteiger partial charge in [0.05, 0.1) is 0 Å². The lowest BCUT2D eigenvalue weighted by Gasteiger charge is -2.26. The summed E-state index contributed by atoms with van der Waals surface area (Å²) in [5.41, 5.74) is 1.74. The van der Waals surface area contributed by atoms with Crippen LogP contribution in [0, 0.1) is 24.6 Å². The normalized spacial score (nSPS) is 23.0. The molecule has 2 aliphatic heterocycles. The summed E-state index contributed by atoms with van der Waals surface area (Å²) >= 11 is 0. The third-order valence-electron chi connectivity index (χ3n) is 5.05. The van der Waals surface area contributed by atoms with Crippen molar-refractivity contribution in [2.24, 2.45) is 11.8 Å². The second kappa shape index (κ2) is 6.78. The van der Waals surface area contributed by atoms with E-state index in [1.807, 2.05) is 17.0 Å². The van der Waals surface area contributed by atoms with Gasteiger partial charge in [0.1, 0.15) is 5.82 Å². The quantitative estimate of drug-likeness (QED) is 0.930. The molecule has 2 fully saturated rings. The maximum atomic E-state index is 13.6. The van der Waals surface area contributed by atoms with Gasteiger partial charge in [-0.1, -0.05) is 12.1 Å². The summed E-state index contributed by atoms with van der Waals surface area (Å²) in [5, 5.41) is 3.31. The molecule has 2 saturated heterocycles. The molecule has 1 N–H and O–H groups in total. The number of nitrogens with one attached hydrogen (secondary N) is 1. The summed E-state index contributed by atoms with van der Waals surface area (Å²) in [5.74, 6) is 0.877. The number of nitrogens with zero attached hydrogens (tertiary/aromatic N) is 1. The minimum atomic E-state index is -0.127. The van der Waals surface area contributed by atoms with Crippen LogP contribution in [0.25, 0.3) is 0 Å². The Hall–Kier alpha value is -1.42. The Morgan fingerprint density at radius 1 is 1.32 bits per heavy atom. The summed E-state index contributed by atoms with van der Waals surface area (Å²) < 4.78 is 13.6. The molecule has 1 aromatic carbocycles. The number of hydrogen-bond donors (Lipinski definition) is 1. The SMILES string of the molecule is Cc1ccc(CC2CCN(C(=O)C3CCNCC3)C2)cc1F. The summed E-state index contributed by atoms with van der Waals surface area (Å²) in [6.45, 7) is 5.39. The highest BCUT2D eigenvalue weighted by Gasteiger charge is 2.31. The number of aryl methyl sites for hydroxylation is 1. The van der Waals surface area contributed by atoms with E-state index < -0.39 is 0 Å². The van der Waals surface area contributed by atoms with Gasteiger partial charge in [-0.3, -0.25) is 4.79 Å². The Balaban J connectivity index is 1.55. The first-order valence-electron chi connectivity index (χ1n) is 8.38. The van der Waals surface area contributed by atoms with E-state index in [-0.39, 0.29) is 11.7 Å². The average Bonchev–Trinajstić information content (AvgIpc) is 2.99. The number of hydrogen-bond acceptors (Lipinski definition) is 2. The van der Waals surface area contributed by atoms with Gasteiger partial charge in [0.15, 0.2) is 0 Å². The Labute approximate surface area is 131 Å². The molecule has 3 rings (SSSR count). The fraction of sp³-hybridized carbons (Fsp3) is 0.611. The molecule has 3 nitrogen and oxygen atoms in total. The molecule has 0 radical (unpaired) electrons. The van der Waals surface area contributed by atoms with Crippen molar-refractivity contribution in [3.8, 4) is 0 Å². The minimum absolute atomic E-state index is 0.127. The Kier molecular flexibility index (Phi) is 4.77. The zero-order valence-electron chi connectivity index (χ0n) is 13.3. The molecule has 120 valence electrons.